The third-order valence-corrected chi connectivity index (χ3v) is 4.84. The van der Waals surface area contributed by atoms with E-state index >= 15 is 0 Å². The van der Waals surface area contributed by atoms with Crippen molar-refractivity contribution in [2.45, 2.75) is 25.9 Å². The van der Waals surface area contributed by atoms with Crippen molar-refractivity contribution in [1.82, 2.24) is 5.32 Å². The maximum absolute atomic E-state index is 12.2. The molecule has 1 aliphatic heterocycles. The minimum atomic E-state index is -0.233. The summed E-state index contributed by atoms with van der Waals surface area (Å²) in [5.74, 6) is 0.617. The Balaban J connectivity index is 1.52. The second-order valence-corrected chi connectivity index (χ2v) is 6.79. The molecule has 2 aromatic carbocycles. The molecule has 0 saturated carbocycles. The molecule has 6 heteroatoms. The van der Waals surface area contributed by atoms with Crippen LogP contribution in [0.4, 0.5) is 5.69 Å². The molecule has 2 amide bonds. The molecule has 0 radical (unpaired) electrons. The van der Waals surface area contributed by atoms with Crippen LogP contribution in [0.3, 0.4) is 0 Å². The van der Waals surface area contributed by atoms with Crippen LogP contribution in [0.2, 0.25) is 0 Å². The van der Waals surface area contributed by atoms with Crippen LogP contribution in [0.15, 0.2) is 48.5 Å². The smallest absolute Gasteiger partial charge is 0.253 e. The lowest BCUT2D eigenvalue weighted by Gasteiger charge is -2.33. The standard InChI is InChI=1S/C22H26N2O4/c1-3-16-4-8-18(9-5-16)24-14-20(28-15-22(24)26)13-23-21(25)12-17-6-10-19(27-2)11-7-17/h4-11,20H,3,12-15H2,1-2H3,(H,23,25). The molecule has 0 spiro atoms. The summed E-state index contributed by atoms with van der Waals surface area (Å²) < 4.78 is 10.7. The average molecular weight is 382 g/mol. The normalized spacial score (nSPS) is 16.7. The van der Waals surface area contributed by atoms with E-state index in [2.05, 4.69) is 12.2 Å². The molecule has 1 fully saturated rings. The molecule has 28 heavy (non-hydrogen) atoms. The van der Waals surface area contributed by atoms with E-state index in [0.29, 0.717) is 13.1 Å². The van der Waals surface area contributed by atoms with Gasteiger partial charge in [0.2, 0.25) is 5.91 Å². The maximum atomic E-state index is 12.2. The molecular weight excluding hydrogens is 356 g/mol. The highest BCUT2D eigenvalue weighted by atomic mass is 16.5. The largest absolute Gasteiger partial charge is 0.497 e. The Morgan fingerprint density at radius 2 is 1.82 bits per heavy atom. The molecule has 0 aliphatic carbocycles. The summed E-state index contributed by atoms with van der Waals surface area (Å²) >= 11 is 0. The summed E-state index contributed by atoms with van der Waals surface area (Å²) in [5.41, 5.74) is 3.00. The van der Waals surface area contributed by atoms with E-state index < -0.39 is 0 Å². The van der Waals surface area contributed by atoms with Crippen molar-refractivity contribution >= 4 is 17.5 Å². The van der Waals surface area contributed by atoms with Gasteiger partial charge in [-0.25, -0.2) is 0 Å². The fraction of sp³-hybridized carbons (Fsp3) is 0.364. The van der Waals surface area contributed by atoms with Crippen molar-refractivity contribution < 1.29 is 19.1 Å². The summed E-state index contributed by atoms with van der Waals surface area (Å²) in [6.07, 6.45) is 1.02. The van der Waals surface area contributed by atoms with E-state index in [9.17, 15) is 9.59 Å². The number of hydrogen-bond donors (Lipinski definition) is 1. The van der Waals surface area contributed by atoms with Gasteiger partial charge in [0.25, 0.3) is 5.91 Å². The van der Waals surface area contributed by atoms with Crippen LogP contribution in [0.25, 0.3) is 0 Å². The number of nitrogens with zero attached hydrogens (tertiary/aromatic N) is 1. The SMILES string of the molecule is CCc1ccc(N2CC(CNC(=O)Cc3ccc(OC)cc3)OCC2=O)cc1. The molecular formula is C22H26N2O4. The summed E-state index contributed by atoms with van der Waals surface area (Å²) in [4.78, 5) is 26.2. The number of carbonyl (C=O) groups is 2. The van der Waals surface area contributed by atoms with Gasteiger partial charge in [-0.2, -0.15) is 0 Å². The molecule has 2 aromatic rings. The second kappa shape index (κ2) is 9.37. The van der Waals surface area contributed by atoms with Gasteiger partial charge in [0.05, 0.1) is 26.2 Å². The number of aryl methyl sites for hydroxylation is 1. The Kier molecular flexibility index (Phi) is 6.66. The molecule has 148 valence electrons. The monoisotopic (exact) mass is 382 g/mol. The summed E-state index contributed by atoms with van der Waals surface area (Å²) in [6, 6.07) is 15.4. The van der Waals surface area contributed by atoms with Crippen molar-refractivity contribution in [1.29, 1.82) is 0 Å². The van der Waals surface area contributed by atoms with Gasteiger partial charge in [-0.3, -0.25) is 9.59 Å². The Morgan fingerprint density at radius 3 is 2.46 bits per heavy atom. The second-order valence-electron chi connectivity index (χ2n) is 6.79. The number of morpholine rings is 1. The first-order valence-corrected chi connectivity index (χ1v) is 9.49. The topological polar surface area (TPSA) is 67.9 Å². The molecule has 1 saturated heterocycles. The van der Waals surface area contributed by atoms with Gasteiger partial charge in [0, 0.05) is 12.2 Å². The average Bonchev–Trinajstić information content (AvgIpc) is 2.74. The third-order valence-electron chi connectivity index (χ3n) is 4.84. The number of ether oxygens (including phenoxy) is 2. The Morgan fingerprint density at radius 1 is 1.14 bits per heavy atom. The molecule has 6 nitrogen and oxygen atoms in total. The molecule has 1 atom stereocenters. The third kappa shape index (κ3) is 5.10. The lowest BCUT2D eigenvalue weighted by molar-refractivity contribution is -0.129. The first-order valence-electron chi connectivity index (χ1n) is 9.49. The van der Waals surface area contributed by atoms with Crippen molar-refractivity contribution in [3.05, 3.63) is 59.7 Å². The minimum absolute atomic E-state index is 0.0224. The number of amides is 2. The lowest BCUT2D eigenvalue weighted by atomic mass is 10.1. The highest BCUT2D eigenvalue weighted by Crippen LogP contribution is 2.19. The van der Waals surface area contributed by atoms with Crippen LogP contribution in [-0.4, -0.2) is 44.7 Å². The first-order chi connectivity index (χ1) is 13.6. The zero-order valence-corrected chi connectivity index (χ0v) is 16.3. The fourth-order valence-electron chi connectivity index (χ4n) is 3.13. The number of carbonyl (C=O) groups excluding carboxylic acids is 2. The van der Waals surface area contributed by atoms with Crippen LogP contribution in [0, 0.1) is 0 Å². The van der Waals surface area contributed by atoms with Crippen LogP contribution in [0.5, 0.6) is 5.75 Å². The quantitative estimate of drug-likeness (QED) is 0.798. The van der Waals surface area contributed by atoms with Gasteiger partial charge in [-0.05, 0) is 41.8 Å². The first kappa shape index (κ1) is 19.9. The van der Waals surface area contributed by atoms with Crippen molar-refractivity contribution in [2.24, 2.45) is 0 Å². The molecule has 1 N–H and O–H groups in total. The summed E-state index contributed by atoms with van der Waals surface area (Å²) in [5, 5.41) is 2.90. The van der Waals surface area contributed by atoms with E-state index in [0.717, 1.165) is 23.4 Å². The molecule has 1 unspecified atom stereocenters. The number of anilines is 1. The Bertz CT molecular complexity index is 802. The fourth-order valence-corrected chi connectivity index (χ4v) is 3.13. The highest BCUT2D eigenvalue weighted by Gasteiger charge is 2.27. The summed E-state index contributed by atoms with van der Waals surface area (Å²) in [6.45, 7) is 2.91. The molecule has 3 rings (SSSR count). The number of methoxy groups -OCH3 is 1. The van der Waals surface area contributed by atoms with Gasteiger partial charge in [-0.15, -0.1) is 0 Å². The van der Waals surface area contributed by atoms with Crippen molar-refractivity contribution in [3.8, 4) is 5.75 Å². The minimum Gasteiger partial charge on any atom is -0.497 e. The van der Waals surface area contributed by atoms with Gasteiger partial charge in [-0.1, -0.05) is 31.2 Å². The Hall–Kier alpha value is -2.86. The van der Waals surface area contributed by atoms with Gasteiger partial charge >= 0.3 is 0 Å². The van der Waals surface area contributed by atoms with Crippen LogP contribution in [-0.2, 0) is 27.2 Å². The van der Waals surface area contributed by atoms with Gasteiger partial charge in [0.1, 0.15) is 12.4 Å². The van der Waals surface area contributed by atoms with Crippen LogP contribution < -0.4 is 15.0 Å². The number of benzene rings is 2. The Labute approximate surface area is 165 Å². The van der Waals surface area contributed by atoms with E-state index in [1.807, 2.05) is 48.5 Å². The van der Waals surface area contributed by atoms with Crippen LogP contribution >= 0.6 is 0 Å². The molecule has 1 aliphatic rings. The molecule has 0 bridgehead atoms. The van der Waals surface area contributed by atoms with Crippen LogP contribution in [0.1, 0.15) is 18.1 Å². The predicted octanol–water partition coefficient (Wildman–Crippen LogP) is 2.35. The molecule has 1 heterocycles. The summed E-state index contributed by atoms with van der Waals surface area (Å²) in [7, 11) is 1.61. The predicted molar refractivity (Wildman–Crippen MR) is 108 cm³/mol. The number of rotatable bonds is 7. The van der Waals surface area contributed by atoms with E-state index in [-0.39, 0.29) is 30.9 Å². The number of hydrogen-bond acceptors (Lipinski definition) is 4. The lowest BCUT2D eigenvalue weighted by Crippen LogP contribution is -2.50. The van der Waals surface area contributed by atoms with E-state index in [4.69, 9.17) is 9.47 Å². The maximum Gasteiger partial charge on any atom is 0.253 e. The van der Waals surface area contributed by atoms with Crippen molar-refractivity contribution in [2.75, 3.05) is 31.7 Å². The van der Waals surface area contributed by atoms with E-state index in [1.54, 1.807) is 12.0 Å². The van der Waals surface area contributed by atoms with Gasteiger partial charge < -0.3 is 19.7 Å². The van der Waals surface area contributed by atoms with Gasteiger partial charge in [0.15, 0.2) is 0 Å². The van der Waals surface area contributed by atoms with Crippen molar-refractivity contribution in [3.63, 3.8) is 0 Å². The zero-order valence-electron chi connectivity index (χ0n) is 16.3. The van der Waals surface area contributed by atoms with E-state index in [1.165, 1.54) is 5.56 Å². The molecule has 0 aromatic heterocycles. The number of nitrogens with one attached hydrogen (secondary N) is 1. The highest BCUT2D eigenvalue weighted by molar-refractivity contribution is 5.95. The zero-order chi connectivity index (χ0) is 19.9.